The summed E-state index contributed by atoms with van der Waals surface area (Å²) in [6.07, 6.45) is 0.295. The molecule has 0 aromatic heterocycles. The van der Waals surface area contributed by atoms with Crippen LogP contribution in [0.25, 0.3) is 0 Å². The Hall–Kier alpha value is -2.09. The number of rotatable bonds is 10. The topological polar surface area (TPSA) is 122 Å². The Balaban J connectivity index is 2.47. The number of amides is 1. The molecule has 7 nitrogen and oxygen atoms in total. The van der Waals surface area contributed by atoms with E-state index in [2.05, 4.69) is 10.6 Å². The van der Waals surface area contributed by atoms with Crippen molar-refractivity contribution < 1.29 is 19.5 Å². The summed E-state index contributed by atoms with van der Waals surface area (Å²) in [6.45, 7) is 1.58. The number of ketones is 1. The van der Waals surface area contributed by atoms with Gasteiger partial charge in [0.15, 0.2) is 12.0 Å². The largest absolute Gasteiger partial charge is 0.371 e. The van der Waals surface area contributed by atoms with Gasteiger partial charge >= 0.3 is 0 Å². The van der Waals surface area contributed by atoms with Crippen molar-refractivity contribution in [1.29, 1.82) is 0 Å². The first-order chi connectivity index (χ1) is 11.0. The highest BCUT2D eigenvalue weighted by Crippen LogP contribution is 2.09. The summed E-state index contributed by atoms with van der Waals surface area (Å²) < 4.78 is 0. The third-order valence-electron chi connectivity index (χ3n) is 3.30. The van der Waals surface area contributed by atoms with Crippen molar-refractivity contribution >= 4 is 18.0 Å². The average molecular weight is 321 g/mol. The number of carbonyl (C=O) groups is 3. The van der Waals surface area contributed by atoms with Gasteiger partial charge in [0.1, 0.15) is 12.3 Å². The molecule has 0 aliphatic carbocycles. The fourth-order valence-corrected chi connectivity index (χ4v) is 2.03. The van der Waals surface area contributed by atoms with Gasteiger partial charge < -0.3 is 21.0 Å². The smallest absolute Gasteiger partial charge is 0.234 e. The van der Waals surface area contributed by atoms with Gasteiger partial charge in [0, 0.05) is 0 Å². The molecular formula is C16H23N3O4. The second-order valence-corrected chi connectivity index (χ2v) is 5.17. The molecule has 0 spiro atoms. The Bertz CT molecular complexity index is 521. The van der Waals surface area contributed by atoms with Crippen molar-refractivity contribution in [2.24, 2.45) is 5.73 Å². The standard InChI is InChI=1S/C16H23N3O4/c1-2-6-12(17)15(22)16(23)18-9-14(21)19-13(10-20)11-7-4-3-5-8-11/h3-5,7-8,10,12-13,16,18,23H,2,6,9,17H2,1H3,(H,19,21)/t12?,13-,16+/m1/s1. The monoisotopic (exact) mass is 321 g/mol. The van der Waals surface area contributed by atoms with E-state index in [1.807, 2.05) is 6.92 Å². The van der Waals surface area contributed by atoms with Crippen LogP contribution >= 0.6 is 0 Å². The number of hydrogen-bond acceptors (Lipinski definition) is 6. The summed E-state index contributed by atoms with van der Waals surface area (Å²) in [5, 5.41) is 14.6. The fourth-order valence-electron chi connectivity index (χ4n) is 2.03. The molecule has 1 aromatic carbocycles. The molecule has 3 atom stereocenters. The number of nitrogens with two attached hydrogens (primary N) is 1. The lowest BCUT2D eigenvalue weighted by atomic mass is 10.1. The van der Waals surface area contributed by atoms with Gasteiger partial charge in [-0.1, -0.05) is 43.7 Å². The minimum absolute atomic E-state index is 0.303. The Morgan fingerprint density at radius 2 is 1.96 bits per heavy atom. The maximum Gasteiger partial charge on any atom is 0.234 e. The number of hydrogen-bond donors (Lipinski definition) is 4. The molecule has 1 unspecified atom stereocenters. The van der Waals surface area contributed by atoms with E-state index in [0.29, 0.717) is 18.3 Å². The van der Waals surface area contributed by atoms with Gasteiger partial charge in [0.2, 0.25) is 5.91 Å². The van der Waals surface area contributed by atoms with Gasteiger partial charge in [-0.2, -0.15) is 0 Å². The molecule has 1 aromatic rings. The van der Waals surface area contributed by atoms with Gasteiger partial charge in [-0.3, -0.25) is 14.9 Å². The molecule has 5 N–H and O–H groups in total. The van der Waals surface area contributed by atoms with Crippen LogP contribution in [0.1, 0.15) is 31.4 Å². The summed E-state index contributed by atoms with van der Waals surface area (Å²) in [5.41, 5.74) is 6.27. The number of nitrogens with one attached hydrogen (secondary N) is 2. The first kappa shape index (κ1) is 19.0. The molecule has 0 fully saturated rings. The van der Waals surface area contributed by atoms with E-state index in [9.17, 15) is 19.5 Å². The van der Waals surface area contributed by atoms with Crippen LogP contribution in [0.15, 0.2) is 30.3 Å². The van der Waals surface area contributed by atoms with Crippen LogP contribution in [0.4, 0.5) is 0 Å². The highest BCUT2D eigenvalue weighted by atomic mass is 16.3. The van der Waals surface area contributed by atoms with E-state index in [4.69, 9.17) is 5.73 Å². The van der Waals surface area contributed by atoms with Crippen LogP contribution in [0, 0.1) is 0 Å². The molecule has 126 valence electrons. The molecule has 0 radical (unpaired) electrons. The molecule has 23 heavy (non-hydrogen) atoms. The SMILES string of the molecule is CCCC(N)C(=O)[C@H](O)NCC(=O)N[C@H](C=O)c1ccccc1. The Morgan fingerprint density at radius 3 is 2.52 bits per heavy atom. The van der Waals surface area contributed by atoms with Crippen LogP contribution in [-0.4, -0.2) is 41.9 Å². The molecule has 0 heterocycles. The van der Waals surface area contributed by atoms with Crippen molar-refractivity contribution in [3.05, 3.63) is 35.9 Å². The third kappa shape index (κ3) is 6.27. The number of benzene rings is 1. The number of aliphatic hydroxyl groups excluding tert-OH is 1. The van der Waals surface area contributed by atoms with Gasteiger partial charge in [-0.05, 0) is 12.0 Å². The zero-order valence-electron chi connectivity index (χ0n) is 13.1. The molecule has 0 saturated heterocycles. The van der Waals surface area contributed by atoms with Gasteiger partial charge in [0.25, 0.3) is 0 Å². The highest BCUT2D eigenvalue weighted by molar-refractivity contribution is 5.88. The molecule has 0 aliphatic rings. The van der Waals surface area contributed by atoms with Crippen molar-refractivity contribution in [3.8, 4) is 0 Å². The quantitative estimate of drug-likeness (QED) is 0.345. The van der Waals surface area contributed by atoms with Crippen LogP contribution in [0.3, 0.4) is 0 Å². The Morgan fingerprint density at radius 1 is 1.30 bits per heavy atom. The molecule has 0 saturated carbocycles. The zero-order valence-corrected chi connectivity index (χ0v) is 13.1. The molecule has 0 aliphatic heterocycles. The van der Waals surface area contributed by atoms with Gasteiger partial charge in [-0.25, -0.2) is 0 Å². The van der Waals surface area contributed by atoms with Crippen molar-refractivity contribution in [1.82, 2.24) is 10.6 Å². The molecular weight excluding hydrogens is 298 g/mol. The Labute approximate surface area is 135 Å². The van der Waals surface area contributed by atoms with E-state index < -0.39 is 30.0 Å². The van der Waals surface area contributed by atoms with E-state index in [1.165, 1.54) is 0 Å². The van der Waals surface area contributed by atoms with Gasteiger partial charge in [0.05, 0.1) is 12.6 Å². The number of Topliss-reactive ketones (excluding diaryl/α,β-unsaturated/α-hetero) is 1. The summed E-state index contributed by atoms with van der Waals surface area (Å²) in [4.78, 5) is 34.6. The maximum atomic E-state index is 11.8. The minimum Gasteiger partial charge on any atom is -0.371 e. The summed E-state index contributed by atoms with van der Waals surface area (Å²) in [5.74, 6) is -1.07. The first-order valence-electron chi connectivity index (χ1n) is 7.50. The second kappa shape index (κ2) is 9.83. The molecule has 0 bridgehead atoms. The van der Waals surface area contributed by atoms with E-state index >= 15 is 0 Å². The zero-order chi connectivity index (χ0) is 17.2. The predicted octanol–water partition coefficient (Wildman–Crippen LogP) is -0.353. The maximum absolute atomic E-state index is 11.8. The lowest BCUT2D eigenvalue weighted by Gasteiger charge is -2.17. The minimum atomic E-state index is -1.51. The average Bonchev–Trinajstić information content (AvgIpc) is 2.57. The van der Waals surface area contributed by atoms with Crippen LogP contribution in [-0.2, 0) is 14.4 Å². The summed E-state index contributed by atoms with van der Waals surface area (Å²) >= 11 is 0. The van der Waals surface area contributed by atoms with Crippen LogP contribution in [0.5, 0.6) is 0 Å². The van der Waals surface area contributed by atoms with Crippen LogP contribution < -0.4 is 16.4 Å². The van der Waals surface area contributed by atoms with E-state index in [0.717, 1.165) is 6.42 Å². The van der Waals surface area contributed by atoms with Crippen LogP contribution in [0.2, 0.25) is 0 Å². The molecule has 7 heteroatoms. The molecule has 1 amide bonds. The van der Waals surface area contributed by atoms with Crippen molar-refractivity contribution in [3.63, 3.8) is 0 Å². The van der Waals surface area contributed by atoms with Crippen molar-refractivity contribution in [2.45, 2.75) is 38.1 Å². The lowest BCUT2D eigenvalue weighted by molar-refractivity contribution is -0.131. The summed E-state index contributed by atoms with van der Waals surface area (Å²) in [6, 6.07) is 7.21. The number of aldehydes is 1. The fraction of sp³-hybridized carbons (Fsp3) is 0.438. The first-order valence-corrected chi connectivity index (χ1v) is 7.50. The van der Waals surface area contributed by atoms with Gasteiger partial charge in [-0.15, -0.1) is 0 Å². The number of carbonyl (C=O) groups excluding carboxylic acids is 3. The summed E-state index contributed by atoms with van der Waals surface area (Å²) in [7, 11) is 0. The number of aliphatic hydroxyl groups is 1. The second-order valence-electron chi connectivity index (χ2n) is 5.17. The predicted molar refractivity (Wildman–Crippen MR) is 85.3 cm³/mol. The molecule has 1 rings (SSSR count). The highest BCUT2D eigenvalue weighted by Gasteiger charge is 2.22. The Kier molecular flexibility index (Phi) is 8.10. The lowest BCUT2D eigenvalue weighted by Crippen LogP contribution is -2.49. The normalized spacial score (nSPS) is 14.6. The third-order valence-corrected chi connectivity index (χ3v) is 3.30. The van der Waals surface area contributed by atoms with E-state index in [1.54, 1.807) is 30.3 Å². The van der Waals surface area contributed by atoms with E-state index in [-0.39, 0.29) is 6.54 Å². The van der Waals surface area contributed by atoms with Crippen molar-refractivity contribution in [2.75, 3.05) is 6.54 Å².